The van der Waals surface area contributed by atoms with E-state index in [2.05, 4.69) is 55.8 Å². The average molecular weight is 521 g/mol. The number of aromatic nitrogens is 7. The van der Waals surface area contributed by atoms with E-state index in [-0.39, 0.29) is 12.1 Å². The number of pyridine rings is 1. The van der Waals surface area contributed by atoms with Crippen LogP contribution in [0.3, 0.4) is 0 Å². The van der Waals surface area contributed by atoms with Crippen molar-refractivity contribution in [2.75, 3.05) is 43.4 Å². The van der Waals surface area contributed by atoms with Crippen molar-refractivity contribution in [3.63, 3.8) is 0 Å². The molecular weight excluding hydrogens is 492 g/mol. The number of hydrogen-bond donors (Lipinski definition) is 1. The quantitative estimate of drug-likeness (QED) is 0.324. The number of nitrogens with one attached hydrogen (secondary N) is 1. The van der Waals surface area contributed by atoms with Crippen LogP contribution in [0.25, 0.3) is 28.1 Å². The normalized spacial score (nSPS) is 14.0. The van der Waals surface area contributed by atoms with Gasteiger partial charge in [0.15, 0.2) is 11.5 Å². The number of piperazine rings is 1. The Morgan fingerprint density at radius 3 is 2.49 bits per heavy atom. The Labute approximate surface area is 225 Å². The third kappa shape index (κ3) is 4.87. The van der Waals surface area contributed by atoms with Gasteiger partial charge in [-0.05, 0) is 43.4 Å². The molecule has 1 aliphatic rings. The number of fused-ring (bicyclic) bond motifs is 1. The second-order valence-electron chi connectivity index (χ2n) is 9.39. The van der Waals surface area contributed by atoms with Gasteiger partial charge in [0, 0.05) is 61.7 Å². The van der Waals surface area contributed by atoms with Gasteiger partial charge in [0.1, 0.15) is 11.7 Å². The summed E-state index contributed by atoms with van der Waals surface area (Å²) < 4.78 is 3.25. The summed E-state index contributed by atoms with van der Waals surface area (Å²) in [7, 11) is 2.15. The molecule has 1 aliphatic heterocycles. The molecule has 0 amide bonds. The number of rotatable bonds is 7. The maximum atomic E-state index is 13.3. The van der Waals surface area contributed by atoms with Gasteiger partial charge >= 0.3 is 0 Å². The third-order valence-corrected chi connectivity index (χ3v) is 6.78. The summed E-state index contributed by atoms with van der Waals surface area (Å²) in [6.07, 6.45) is 8.09. The highest BCUT2D eigenvalue weighted by Gasteiger charge is 2.19. The van der Waals surface area contributed by atoms with E-state index in [0.29, 0.717) is 28.5 Å². The lowest BCUT2D eigenvalue weighted by Gasteiger charge is -2.34. The number of likely N-dealkylation sites (N-methyl/N-ethyl adjacent to an activating group) is 1. The van der Waals surface area contributed by atoms with Crippen LogP contribution in [-0.2, 0) is 6.54 Å². The number of nitrogens with zero attached hydrogens (tertiary/aromatic N) is 9. The fourth-order valence-corrected chi connectivity index (χ4v) is 4.69. The highest BCUT2D eigenvalue weighted by atomic mass is 16.1. The largest absolute Gasteiger partial charge is 0.369 e. The molecule has 1 aromatic carbocycles. The molecule has 0 saturated carbocycles. The van der Waals surface area contributed by atoms with Gasteiger partial charge in [-0.3, -0.25) is 4.79 Å². The first-order valence-electron chi connectivity index (χ1n) is 12.7. The Hall–Kier alpha value is -4.90. The summed E-state index contributed by atoms with van der Waals surface area (Å²) in [6, 6.07) is 13.8. The molecule has 4 aromatic heterocycles. The smallest absolute Gasteiger partial charge is 0.278 e. The summed E-state index contributed by atoms with van der Waals surface area (Å²) in [6.45, 7) is 8.23. The van der Waals surface area contributed by atoms with E-state index in [1.807, 2.05) is 30.3 Å². The van der Waals surface area contributed by atoms with Gasteiger partial charge in [-0.2, -0.15) is 4.98 Å². The molecule has 11 nitrogen and oxygen atoms in total. The summed E-state index contributed by atoms with van der Waals surface area (Å²) in [5.74, 6) is 0.915. The lowest BCUT2D eigenvalue weighted by Crippen LogP contribution is -2.44. The predicted octanol–water partition coefficient (Wildman–Crippen LogP) is 3.12. The predicted molar refractivity (Wildman–Crippen MR) is 152 cm³/mol. The first kappa shape index (κ1) is 24.4. The van der Waals surface area contributed by atoms with E-state index in [1.54, 1.807) is 34.0 Å². The van der Waals surface area contributed by atoms with Gasteiger partial charge in [-0.1, -0.05) is 12.1 Å². The van der Waals surface area contributed by atoms with Gasteiger partial charge in [0.2, 0.25) is 5.95 Å². The van der Waals surface area contributed by atoms with Crippen LogP contribution in [0.5, 0.6) is 0 Å². The van der Waals surface area contributed by atoms with E-state index in [0.717, 1.165) is 37.4 Å². The number of benzene rings is 1. The van der Waals surface area contributed by atoms with Crippen LogP contribution < -0.4 is 15.8 Å². The van der Waals surface area contributed by atoms with Crippen molar-refractivity contribution in [1.29, 1.82) is 0 Å². The Kier molecular flexibility index (Phi) is 6.55. The molecule has 6 rings (SSSR count). The minimum atomic E-state index is -0.219. The van der Waals surface area contributed by atoms with Crippen LogP contribution in [0.1, 0.15) is 0 Å². The lowest BCUT2D eigenvalue weighted by atomic mass is 10.2. The summed E-state index contributed by atoms with van der Waals surface area (Å²) in [5, 5.41) is 3.67. The molecule has 0 spiro atoms. The molecular formula is C28H28N10O. The highest BCUT2D eigenvalue weighted by molar-refractivity contribution is 5.77. The zero-order chi connectivity index (χ0) is 26.8. The summed E-state index contributed by atoms with van der Waals surface area (Å²) >= 11 is 0. The summed E-state index contributed by atoms with van der Waals surface area (Å²) in [4.78, 5) is 40.1. The van der Waals surface area contributed by atoms with Crippen molar-refractivity contribution in [2.45, 2.75) is 6.54 Å². The van der Waals surface area contributed by atoms with Crippen LogP contribution in [0.15, 0.2) is 84.8 Å². The molecule has 0 aliphatic carbocycles. The van der Waals surface area contributed by atoms with Crippen molar-refractivity contribution in [3.05, 3.63) is 90.4 Å². The summed E-state index contributed by atoms with van der Waals surface area (Å²) in [5.41, 5.74) is 3.72. The minimum absolute atomic E-state index is 0.219. The molecule has 196 valence electrons. The van der Waals surface area contributed by atoms with Gasteiger partial charge in [-0.25, -0.2) is 29.3 Å². The molecule has 5 heterocycles. The second kappa shape index (κ2) is 10.5. The molecule has 5 aromatic rings. The molecule has 0 radical (unpaired) electrons. The lowest BCUT2D eigenvalue weighted by molar-refractivity contribution is 0.313. The molecule has 39 heavy (non-hydrogen) atoms. The average Bonchev–Trinajstić information content (AvgIpc) is 3.25. The standard InChI is InChI=1S/C28H28N10O/c1-3-11-37-27(39)23-18-31-28(32-21-7-9-22(10-8-21)36-14-12-35(2)13-15-36)34-26(23)38(37)25-6-4-5-24(33-25)20-16-29-19-30-17-20/h3-10,16-19H,1,11-15H2,2H3,(H,31,32,34). The van der Waals surface area contributed by atoms with Crippen molar-refractivity contribution >= 4 is 28.4 Å². The number of anilines is 3. The monoisotopic (exact) mass is 520 g/mol. The zero-order valence-corrected chi connectivity index (χ0v) is 21.6. The van der Waals surface area contributed by atoms with Gasteiger partial charge in [0.25, 0.3) is 5.56 Å². The van der Waals surface area contributed by atoms with Crippen molar-refractivity contribution in [1.82, 2.24) is 39.2 Å². The number of allylic oxidation sites excluding steroid dienone is 1. The van der Waals surface area contributed by atoms with E-state index in [4.69, 9.17) is 9.97 Å². The van der Waals surface area contributed by atoms with Crippen LogP contribution in [0, 0.1) is 0 Å². The van der Waals surface area contributed by atoms with Crippen LogP contribution in [-0.4, -0.2) is 72.4 Å². The van der Waals surface area contributed by atoms with Crippen LogP contribution in [0.4, 0.5) is 17.3 Å². The van der Waals surface area contributed by atoms with Crippen LogP contribution in [0.2, 0.25) is 0 Å². The molecule has 0 atom stereocenters. The van der Waals surface area contributed by atoms with E-state index in [9.17, 15) is 4.79 Å². The van der Waals surface area contributed by atoms with Crippen LogP contribution >= 0.6 is 0 Å². The topological polar surface area (TPSA) is 110 Å². The first-order valence-corrected chi connectivity index (χ1v) is 12.7. The van der Waals surface area contributed by atoms with Gasteiger partial charge in [0.05, 0.1) is 12.2 Å². The molecule has 11 heteroatoms. The van der Waals surface area contributed by atoms with E-state index < -0.39 is 0 Å². The Morgan fingerprint density at radius 2 is 1.74 bits per heavy atom. The zero-order valence-electron chi connectivity index (χ0n) is 21.6. The van der Waals surface area contributed by atoms with Crippen molar-refractivity contribution in [3.8, 4) is 17.1 Å². The molecule has 1 N–H and O–H groups in total. The third-order valence-electron chi connectivity index (χ3n) is 6.78. The van der Waals surface area contributed by atoms with Crippen molar-refractivity contribution in [2.24, 2.45) is 0 Å². The van der Waals surface area contributed by atoms with Crippen molar-refractivity contribution < 1.29 is 0 Å². The maximum absolute atomic E-state index is 13.3. The van der Waals surface area contributed by atoms with Gasteiger partial charge in [-0.15, -0.1) is 6.58 Å². The highest BCUT2D eigenvalue weighted by Crippen LogP contribution is 2.23. The van der Waals surface area contributed by atoms with E-state index in [1.165, 1.54) is 12.0 Å². The molecule has 1 fully saturated rings. The fraction of sp³-hybridized carbons (Fsp3) is 0.214. The minimum Gasteiger partial charge on any atom is -0.369 e. The molecule has 1 saturated heterocycles. The Balaban J connectivity index is 1.35. The molecule has 0 bridgehead atoms. The Bertz CT molecular complexity index is 1670. The first-order chi connectivity index (χ1) is 19.1. The molecule has 0 unspecified atom stereocenters. The SMILES string of the molecule is C=CCn1c(=O)c2cnc(Nc3ccc(N4CCN(C)CC4)cc3)nc2n1-c1cccc(-c2cncnc2)n1. The fourth-order valence-electron chi connectivity index (χ4n) is 4.69. The van der Waals surface area contributed by atoms with E-state index >= 15 is 0 Å². The maximum Gasteiger partial charge on any atom is 0.278 e. The number of hydrogen-bond acceptors (Lipinski definition) is 9. The second-order valence-corrected chi connectivity index (χ2v) is 9.39. The van der Waals surface area contributed by atoms with Gasteiger partial charge < -0.3 is 15.1 Å². The Morgan fingerprint density at radius 1 is 0.974 bits per heavy atom.